The molecule has 0 heterocycles. The average Bonchev–Trinajstić information content (AvgIpc) is 3.25. The Hall–Kier alpha value is -1.69. The van der Waals surface area contributed by atoms with Gasteiger partial charge in [0.25, 0.3) is 5.91 Å². The summed E-state index contributed by atoms with van der Waals surface area (Å²) >= 11 is 0. The molecule has 0 radical (unpaired) electrons. The summed E-state index contributed by atoms with van der Waals surface area (Å²) in [4.78, 5) is 23.7. The minimum absolute atomic E-state index is 0.119. The van der Waals surface area contributed by atoms with E-state index in [-0.39, 0.29) is 12.5 Å². The summed E-state index contributed by atoms with van der Waals surface area (Å²) in [7, 11) is -1.22. The Morgan fingerprint density at radius 3 is 2.55 bits per heavy atom. The summed E-state index contributed by atoms with van der Waals surface area (Å²) in [6, 6.07) is 6.71. The summed E-state index contributed by atoms with van der Waals surface area (Å²) in [5, 5.41) is 11.7. The first-order chi connectivity index (χ1) is 9.50. The zero-order chi connectivity index (χ0) is 14.8. The molecule has 0 bridgehead atoms. The second-order valence-electron chi connectivity index (χ2n) is 4.90. The second kappa shape index (κ2) is 5.75. The molecule has 2 rings (SSSR count). The van der Waals surface area contributed by atoms with Gasteiger partial charge in [0, 0.05) is 12.3 Å². The molecule has 1 amide bonds. The number of carboxylic acid groups (broad SMARTS) is 1. The maximum absolute atomic E-state index is 12.1. The molecule has 1 aliphatic carbocycles. The molecule has 0 aliphatic heterocycles. The lowest BCUT2D eigenvalue weighted by atomic mass is 10.1. The zero-order valence-electron chi connectivity index (χ0n) is 11.2. The number of carboxylic acids is 1. The minimum Gasteiger partial charge on any atom is -0.481 e. The zero-order valence-corrected chi connectivity index (χ0v) is 12.0. The normalized spacial score (nSPS) is 17.2. The first-order valence-electron chi connectivity index (χ1n) is 6.49. The van der Waals surface area contributed by atoms with Crippen LogP contribution in [0.15, 0.2) is 29.2 Å². The lowest BCUT2D eigenvalue weighted by Gasteiger charge is -2.13. The number of carbonyl (C=O) groups is 2. The van der Waals surface area contributed by atoms with Crippen LogP contribution in [-0.4, -0.2) is 33.5 Å². The summed E-state index contributed by atoms with van der Waals surface area (Å²) in [5.41, 5.74) is -0.442. The van der Waals surface area contributed by atoms with E-state index in [0.717, 1.165) is 0 Å². The third-order valence-electron chi connectivity index (χ3n) is 3.53. The monoisotopic (exact) mass is 295 g/mol. The van der Waals surface area contributed by atoms with Gasteiger partial charge in [-0.25, -0.2) is 0 Å². The van der Waals surface area contributed by atoms with E-state index < -0.39 is 22.2 Å². The molecule has 0 aromatic heterocycles. The second-order valence-corrected chi connectivity index (χ2v) is 6.61. The lowest BCUT2D eigenvalue weighted by molar-refractivity contribution is -0.143. The molecule has 1 fully saturated rings. The van der Waals surface area contributed by atoms with Gasteiger partial charge in [0.05, 0.1) is 26.7 Å². The third-order valence-corrected chi connectivity index (χ3v) is 4.90. The number of hydrogen-bond acceptors (Lipinski definition) is 3. The Morgan fingerprint density at radius 1 is 1.35 bits per heavy atom. The van der Waals surface area contributed by atoms with Crippen molar-refractivity contribution in [2.24, 2.45) is 5.41 Å². The largest absolute Gasteiger partial charge is 0.481 e. The number of carbonyl (C=O) groups excluding carboxylic acids is 1. The van der Waals surface area contributed by atoms with Crippen LogP contribution in [0.1, 0.15) is 30.1 Å². The average molecular weight is 295 g/mol. The molecule has 1 aliphatic rings. The molecule has 1 aromatic carbocycles. The molecular weight excluding hydrogens is 278 g/mol. The van der Waals surface area contributed by atoms with Crippen molar-refractivity contribution in [2.75, 3.05) is 12.3 Å². The molecule has 108 valence electrons. The van der Waals surface area contributed by atoms with Crippen molar-refractivity contribution in [3.8, 4) is 0 Å². The first-order valence-corrected chi connectivity index (χ1v) is 7.81. The van der Waals surface area contributed by atoms with E-state index in [4.69, 9.17) is 5.11 Å². The third kappa shape index (κ3) is 2.90. The van der Waals surface area contributed by atoms with Gasteiger partial charge in [-0.1, -0.05) is 19.1 Å². The standard InChI is InChI=1S/C14H17NO4S/c1-2-20(19)11-6-4-3-5-10(11)12(16)15-9-14(7-8-14)13(17)18/h3-6H,2,7-9H2,1H3,(H,15,16)(H,17,18). The first kappa shape index (κ1) is 14.7. The highest BCUT2D eigenvalue weighted by Crippen LogP contribution is 2.45. The number of aliphatic carboxylic acids is 1. The number of nitrogens with one attached hydrogen (secondary N) is 1. The van der Waals surface area contributed by atoms with Crippen molar-refractivity contribution in [3.63, 3.8) is 0 Å². The highest BCUT2D eigenvalue weighted by atomic mass is 32.2. The van der Waals surface area contributed by atoms with Crippen LogP contribution < -0.4 is 5.32 Å². The summed E-state index contributed by atoms with van der Waals surface area (Å²) < 4.78 is 11.9. The van der Waals surface area contributed by atoms with E-state index in [1.54, 1.807) is 31.2 Å². The van der Waals surface area contributed by atoms with Crippen molar-refractivity contribution >= 4 is 22.7 Å². The highest BCUT2D eigenvalue weighted by molar-refractivity contribution is 7.85. The Labute approximate surface area is 119 Å². The predicted molar refractivity (Wildman–Crippen MR) is 75.0 cm³/mol. The smallest absolute Gasteiger partial charge is 0.311 e. The predicted octanol–water partition coefficient (Wildman–Crippen LogP) is 1.41. The van der Waals surface area contributed by atoms with E-state index in [9.17, 15) is 13.8 Å². The van der Waals surface area contributed by atoms with Crippen LogP contribution in [0.25, 0.3) is 0 Å². The van der Waals surface area contributed by atoms with Gasteiger partial charge >= 0.3 is 5.97 Å². The lowest BCUT2D eigenvalue weighted by Crippen LogP contribution is -2.34. The molecule has 5 nitrogen and oxygen atoms in total. The van der Waals surface area contributed by atoms with Gasteiger partial charge in [0.1, 0.15) is 0 Å². The maximum atomic E-state index is 12.1. The van der Waals surface area contributed by atoms with Crippen LogP contribution in [-0.2, 0) is 15.6 Å². The molecular formula is C14H17NO4S. The number of rotatable bonds is 6. The Bertz CT molecular complexity index is 566. The SMILES string of the molecule is CCS(=O)c1ccccc1C(=O)NCC1(C(=O)O)CC1. The summed E-state index contributed by atoms with van der Waals surface area (Å²) in [6.07, 6.45) is 1.18. The maximum Gasteiger partial charge on any atom is 0.311 e. The Kier molecular flexibility index (Phi) is 4.23. The van der Waals surface area contributed by atoms with E-state index in [1.807, 2.05) is 0 Å². The molecule has 2 N–H and O–H groups in total. The quantitative estimate of drug-likeness (QED) is 0.831. The van der Waals surface area contributed by atoms with Gasteiger partial charge in [-0.2, -0.15) is 0 Å². The van der Waals surface area contributed by atoms with Crippen LogP contribution in [0.3, 0.4) is 0 Å². The minimum atomic E-state index is -1.22. The molecule has 0 spiro atoms. The number of amides is 1. The van der Waals surface area contributed by atoms with E-state index in [0.29, 0.717) is 29.1 Å². The molecule has 6 heteroatoms. The van der Waals surface area contributed by atoms with Crippen LogP contribution in [0, 0.1) is 5.41 Å². The molecule has 0 saturated heterocycles. The van der Waals surface area contributed by atoms with Crippen molar-refractivity contribution in [2.45, 2.75) is 24.7 Å². The highest BCUT2D eigenvalue weighted by Gasteiger charge is 2.50. The van der Waals surface area contributed by atoms with E-state index >= 15 is 0 Å². The Balaban J connectivity index is 2.10. The molecule has 1 aromatic rings. The van der Waals surface area contributed by atoms with Crippen molar-refractivity contribution in [3.05, 3.63) is 29.8 Å². The van der Waals surface area contributed by atoms with Gasteiger partial charge in [-0.3, -0.25) is 13.8 Å². The van der Waals surface area contributed by atoms with Crippen molar-refractivity contribution in [1.29, 1.82) is 0 Å². The van der Waals surface area contributed by atoms with Gasteiger partial charge in [-0.05, 0) is 25.0 Å². The van der Waals surface area contributed by atoms with Crippen LogP contribution in [0.5, 0.6) is 0 Å². The van der Waals surface area contributed by atoms with Crippen molar-refractivity contribution < 1.29 is 18.9 Å². The summed E-state index contributed by atoms with van der Waals surface area (Å²) in [6.45, 7) is 1.91. The molecule has 1 atom stereocenters. The van der Waals surface area contributed by atoms with E-state index in [1.165, 1.54) is 0 Å². The molecule has 1 unspecified atom stereocenters. The van der Waals surface area contributed by atoms with E-state index in [2.05, 4.69) is 5.32 Å². The van der Waals surface area contributed by atoms with Gasteiger partial charge in [0.2, 0.25) is 0 Å². The molecule has 20 heavy (non-hydrogen) atoms. The fraction of sp³-hybridized carbons (Fsp3) is 0.429. The van der Waals surface area contributed by atoms with Crippen LogP contribution in [0.4, 0.5) is 0 Å². The van der Waals surface area contributed by atoms with Gasteiger partial charge in [-0.15, -0.1) is 0 Å². The topological polar surface area (TPSA) is 83.5 Å². The fourth-order valence-electron chi connectivity index (χ4n) is 1.97. The fourth-order valence-corrected chi connectivity index (χ4v) is 2.92. The van der Waals surface area contributed by atoms with Crippen molar-refractivity contribution in [1.82, 2.24) is 5.32 Å². The van der Waals surface area contributed by atoms with Gasteiger partial charge < -0.3 is 10.4 Å². The number of hydrogen-bond donors (Lipinski definition) is 2. The van der Waals surface area contributed by atoms with Gasteiger partial charge in [0.15, 0.2) is 0 Å². The number of benzene rings is 1. The summed E-state index contributed by atoms with van der Waals surface area (Å²) in [5.74, 6) is -0.804. The molecule has 1 saturated carbocycles. The Morgan fingerprint density at radius 2 is 2.00 bits per heavy atom. The van der Waals surface area contributed by atoms with Crippen LogP contribution in [0.2, 0.25) is 0 Å². The van der Waals surface area contributed by atoms with Crippen LogP contribution >= 0.6 is 0 Å².